The molecule has 0 bridgehead atoms. The molecule has 210 valence electrons. The molecule has 0 spiro atoms. The van der Waals surface area contributed by atoms with Gasteiger partial charge in [-0.1, -0.05) is 60.2 Å². The van der Waals surface area contributed by atoms with Crippen LogP contribution in [0.1, 0.15) is 57.2 Å². The summed E-state index contributed by atoms with van der Waals surface area (Å²) >= 11 is 0. The molecule has 2 atom stereocenters. The Morgan fingerprint density at radius 2 is 1.62 bits per heavy atom. The van der Waals surface area contributed by atoms with Crippen LogP contribution in [0.2, 0.25) is 0 Å². The Hall–Kier alpha value is -4.40. The number of carbonyl (C=O) groups excluding carboxylic acids is 4. The second-order valence-electron chi connectivity index (χ2n) is 11.2. The zero-order valence-electron chi connectivity index (χ0n) is 23.3. The molecule has 1 aliphatic rings. The number of carbonyl (C=O) groups is 4. The zero-order chi connectivity index (χ0) is 29.0. The number of fused-ring (bicyclic) bond motifs is 1. The molecule has 0 aliphatic heterocycles. The van der Waals surface area contributed by atoms with Crippen LogP contribution < -0.4 is 16.4 Å². The summed E-state index contributed by atoms with van der Waals surface area (Å²) in [6, 6.07) is 18.3. The van der Waals surface area contributed by atoms with Gasteiger partial charge < -0.3 is 26.0 Å². The summed E-state index contributed by atoms with van der Waals surface area (Å²) in [5, 5.41) is 7.49. The van der Waals surface area contributed by atoms with E-state index < -0.39 is 47.9 Å². The number of benzene rings is 3. The molecule has 0 saturated heterocycles. The number of primary amides is 1. The number of alkyl carbamates (subject to hydrolysis) is 1. The molecular weight excluding hydrogens is 508 g/mol. The van der Waals surface area contributed by atoms with E-state index in [1.165, 1.54) is 4.90 Å². The highest BCUT2D eigenvalue weighted by Gasteiger charge is 2.44. The van der Waals surface area contributed by atoms with Crippen molar-refractivity contribution in [1.29, 1.82) is 0 Å². The summed E-state index contributed by atoms with van der Waals surface area (Å²) in [4.78, 5) is 54.0. The number of nitrogens with zero attached hydrogens (tertiary/aromatic N) is 1. The van der Waals surface area contributed by atoms with Crippen molar-refractivity contribution in [2.24, 2.45) is 5.73 Å². The van der Waals surface area contributed by atoms with E-state index in [-0.39, 0.29) is 6.04 Å². The molecule has 9 nitrogen and oxygen atoms in total. The van der Waals surface area contributed by atoms with Gasteiger partial charge in [0, 0.05) is 11.7 Å². The first kappa shape index (κ1) is 28.6. The highest BCUT2D eigenvalue weighted by molar-refractivity contribution is 6.01. The van der Waals surface area contributed by atoms with Crippen LogP contribution in [-0.4, -0.2) is 46.4 Å². The van der Waals surface area contributed by atoms with E-state index in [9.17, 15) is 19.2 Å². The Morgan fingerprint density at radius 1 is 0.975 bits per heavy atom. The van der Waals surface area contributed by atoms with Crippen molar-refractivity contribution in [3.05, 3.63) is 77.9 Å². The summed E-state index contributed by atoms with van der Waals surface area (Å²) in [6.45, 7) is 7.01. The standard InChI is InChI=1S/C31H36N4O5/c1-19-9-11-21(12-10-19)27(28(37)33-23-14-13-20-7-5-6-8-22(20)17-23)35(24-15-16-24)29(38)25(18-26(32)36)34-30(39)40-31(2,3)4/h5-14,17,24-25,27H,15-16,18H2,1-4H3,(H2,32,36)(H,33,37)(H,34,39). The lowest BCUT2D eigenvalue weighted by molar-refractivity contribution is -0.142. The fraction of sp³-hybridized carbons (Fsp3) is 0.355. The molecule has 4 N–H and O–H groups in total. The highest BCUT2D eigenvalue weighted by atomic mass is 16.6. The number of ether oxygens (including phenoxy) is 1. The number of rotatable bonds is 9. The van der Waals surface area contributed by atoms with Gasteiger partial charge in [-0.05, 0) is 69.0 Å². The summed E-state index contributed by atoms with van der Waals surface area (Å²) in [6.07, 6.45) is 0.0873. The average Bonchev–Trinajstić information content (AvgIpc) is 3.71. The molecule has 9 heteroatoms. The quantitative estimate of drug-likeness (QED) is 0.363. The van der Waals surface area contributed by atoms with Gasteiger partial charge in [0.15, 0.2) is 0 Å². The van der Waals surface area contributed by atoms with Crippen molar-refractivity contribution in [3.8, 4) is 0 Å². The van der Waals surface area contributed by atoms with Gasteiger partial charge in [-0.25, -0.2) is 4.79 Å². The molecule has 3 aromatic rings. The molecule has 0 radical (unpaired) electrons. The molecule has 0 heterocycles. The Labute approximate surface area is 234 Å². The lowest BCUT2D eigenvalue weighted by Gasteiger charge is -2.34. The van der Waals surface area contributed by atoms with Crippen LogP contribution in [0.5, 0.6) is 0 Å². The largest absolute Gasteiger partial charge is 0.444 e. The van der Waals surface area contributed by atoms with E-state index in [4.69, 9.17) is 10.5 Å². The van der Waals surface area contributed by atoms with Gasteiger partial charge in [-0.2, -0.15) is 0 Å². The summed E-state index contributed by atoms with van der Waals surface area (Å²) in [5.41, 5.74) is 6.84. The van der Waals surface area contributed by atoms with Crippen LogP contribution in [0.4, 0.5) is 10.5 Å². The monoisotopic (exact) mass is 544 g/mol. The maximum atomic E-state index is 14.0. The molecule has 2 unspecified atom stereocenters. The van der Waals surface area contributed by atoms with Gasteiger partial charge in [0.2, 0.25) is 11.8 Å². The van der Waals surface area contributed by atoms with Crippen molar-refractivity contribution < 1.29 is 23.9 Å². The molecule has 4 amide bonds. The lowest BCUT2D eigenvalue weighted by Crippen LogP contribution is -2.54. The van der Waals surface area contributed by atoms with Crippen molar-refractivity contribution >= 4 is 40.3 Å². The predicted molar refractivity (Wildman–Crippen MR) is 153 cm³/mol. The van der Waals surface area contributed by atoms with Gasteiger partial charge in [0.05, 0.1) is 6.42 Å². The van der Waals surface area contributed by atoms with Crippen molar-refractivity contribution in [2.75, 3.05) is 5.32 Å². The third kappa shape index (κ3) is 7.37. The van der Waals surface area contributed by atoms with Gasteiger partial charge in [0.25, 0.3) is 5.91 Å². The number of hydrogen-bond acceptors (Lipinski definition) is 5. The van der Waals surface area contributed by atoms with E-state index in [2.05, 4.69) is 10.6 Å². The van der Waals surface area contributed by atoms with E-state index in [0.29, 0.717) is 24.1 Å². The summed E-state index contributed by atoms with van der Waals surface area (Å²) in [5.74, 6) is -1.75. The van der Waals surface area contributed by atoms with Gasteiger partial charge in [-0.3, -0.25) is 14.4 Å². The smallest absolute Gasteiger partial charge is 0.408 e. The zero-order valence-corrected chi connectivity index (χ0v) is 23.3. The highest BCUT2D eigenvalue weighted by Crippen LogP contribution is 2.36. The lowest BCUT2D eigenvalue weighted by atomic mass is 10.0. The number of amides is 4. The minimum atomic E-state index is -1.30. The van der Waals surface area contributed by atoms with Gasteiger partial charge >= 0.3 is 6.09 Å². The minimum absolute atomic E-state index is 0.239. The SMILES string of the molecule is Cc1ccc(C(C(=O)Nc2ccc3ccccc3c2)N(C(=O)C(CC(N)=O)NC(=O)OC(C)(C)C)C2CC2)cc1. The summed E-state index contributed by atoms with van der Waals surface area (Å²) < 4.78 is 5.32. The normalized spacial score (nSPS) is 14.6. The second-order valence-corrected chi connectivity index (χ2v) is 11.2. The molecular formula is C31H36N4O5. The first-order valence-electron chi connectivity index (χ1n) is 13.4. The number of anilines is 1. The van der Waals surface area contributed by atoms with Gasteiger partial charge in [-0.15, -0.1) is 0 Å². The van der Waals surface area contributed by atoms with E-state index in [1.807, 2.05) is 73.7 Å². The van der Waals surface area contributed by atoms with E-state index in [1.54, 1.807) is 20.8 Å². The molecule has 1 fully saturated rings. The molecule has 3 aromatic carbocycles. The Balaban J connectivity index is 1.68. The van der Waals surface area contributed by atoms with Crippen molar-refractivity contribution in [3.63, 3.8) is 0 Å². The third-order valence-corrected chi connectivity index (χ3v) is 6.53. The predicted octanol–water partition coefficient (Wildman–Crippen LogP) is 4.59. The van der Waals surface area contributed by atoms with Crippen LogP contribution in [-0.2, 0) is 19.1 Å². The number of nitrogens with two attached hydrogens (primary N) is 1. The van der Waals surface area contributed by atoms with Gasteiger partial charge in [0.1, 0.15) is 17.7 Å². The number of hydrogen-bond donors (Lipinski definition) is 3. The fourth-order valence-electron chi connectivity index (χ4n) is 4.57. The van der Waals surface area contributed by atoms with Crippen molar-refractivity contribution in [2.45, 2.75) is 70.7 Å². The Kier molecular flexibility index (Phi) is 8.42. The van der Waals surface area contributed by atoms with Crippen LogP contribution in [0.25, 0.3) is 10.8 Å². The second kappa shape index (κ2) is 11.8. The maximum Gasteiger partial charge on any atom is 0.408 e. The molecule has 40 heavy (non-hydrogen) atoms. The Morgan fingerprint density at radius 3 is 2.23 bits per heavy atom. The first-order chi connectivity index (χ1) is 18.9. The third-order valence-electron chi connectivity index (χ3n) is 6.53. The van der Waals surface area contributed by atoms with Crippen molar-refractivity contribution in [1.82, 2.24) is 10.2 Å². The average molecular weight is 545 g/mol. The number of nitrogens with one attached hydrogen (secondary N) is 2. The fourth-order valence-corrected chi connectivity index (χ4v) is 4.57. The van der Waals surface area contributed by atoms with Crippen LogP contribution >= 0.6 is 0 Å². The van der Waals surface area contributed by atoms with Crippen LogP contribution in [0, 0.1) is 6.92 Å². The minimum Gasteiger partial charge on any atom is -0.444 e. The number of aryl methyl sites for hydroxylation is 1. The summed E-state index contributed by atoms with van der Waals surface area (Å²) in [7, 11) is 0. The molecule has 1 aliphatic carbocycles. The maximum absolute atomic E-state index is 14.0. The molecule has 1 saturated carbocycles. The van der Waals surface area contributed by atoms with Crippen LogP contribution in [0.15, 0.2) is 66.7 Å². The topological polar surface area (TPSA) is 131 Å². The molecule has 0 aromatic heterocycles. The first-order valence-corrected chi connectivity index (χ1v) is 13.4. The van der Waals surface area contributed by atoms with E-state index >= 15 is 0 Å². The molecule has 4 rings (SSSR count). The Bertz CT molecular complexity index is 1410. The van der Waals surface area contributed by atoms with Crippen LogP contribution in [0.3, 0.4) is 0 Å². The van der Waals surface area contributed by atoms with E-state index in [0.717, 1.165) is 16.3 Å².